The van der Waals surface area contributed by atoms with Gasteiger partial charge in [-0.25, -0.2) is 0 Å². The van der Waals surface area contributed by atoms with E-state index < -0.39 is 24.0 Å². The molecule has 6 heteroatoms. The van der Waals surface area contributed by atoms with Crippen LogP contribution in [0.25, 0.3) is 0 Å². The van der Waals surface area contributed by atoms with Crippen molar-refractivity contribution >= 4 is 17.9 Å². The third kappa shape index (κ3) is 57.5. The molecule has 0 aliphatic rings. The molecule has 0 aromatic rings. The molecule has 1 atom stereocenters. The lowest BCUT2D eigenvalue weighted by Crippen LogP contribution is -2.30. The van der Waals surface area contributed by atoms with Gasteiger partial charge in [-0.05, 0) is 128 Å². The highest BCUT2D eigenvalue weighted by atomic mass is 16.6. The average Bonchev–Trinajstić information content (AvgIpc) is 3.39. The Hall–Kier alpha value is -5.23. The van der Waals surface area contributed by atoms with E-state index in [2.05, 4.69) is 167 Å². The maximum absolute atomic E-state index is 12.8. The topological polar surface area (TPSA) is 78.9 Å². The van der Waals surface area contributed by atoms with Crippen molar-refractivity contribution in [3.05, 3.63) is 170 Å². The molecule has 0 radical (unpaired) electrons. The minimum atomic E-state index is -0.875. The van der Waals surface area contributed by atoms with Gasteiger partial charge in [0.15, 0.2) is 6.10 Å². The molecular weight excluding hydrogens is 901 g/mol. The zero-order valence-electron chi connectivity index (χ0n) is 46.3. The second-order valence-corrected chi connectivity index (χ2v) is 18.1. The predicted octanol–water partition coefficient (Wildman–Crippen LogP) is 19.5. The van der Waals surface area contributed by atoms with Crippen molar-refractivity contribution in [3.63, 3.8) is 0 Å². The van der Waals surface area contributed by atoms with E-state index >= 15 is 0 Å². The molecule has 0 N–H and O–H groups in total. The van der Waals surface area contributed by atoms with Crippen LogP contribution in [-0.2, 0) is 28.6 Å². The van der Waals surface area contributed by atoms with Crippen LogP contribution < -0.4 is 0 Å². The second-order valence-electron chi connectivity index (χ2n) is 18.1. The summed E-state index contributed by atoms with van der Waals surface area (Å²) < 4.78 is 16.7. The number of ether oxygens (including phenoxy) is 3. The summed E-state index contributed by atoms with van der Waals surface area (Å²) >= 11 is 0. The maximum atomic E-state index is 12.8. The SMILES string of the molecule is CC/C=C\C/C=C\C/C=C\C/C=C\C/C=C\C/C=C\CCC(=O)OC[C@H](COC(=O)CC/C=C\C/C=C\C/C=C\C/C=C\C/C=C\CCCCC)OC(=O)CCC/C=C\C/C=C\C/C=C\CCCCCCCC. The summed E-state index contributed by atoms with van der Waals surface area (Å²) in [4.78, 5) is 38.1. The number of unbranched alkanes of at least 4 members (excludes halogenated alkanes) is 10. The third-order valence-corrected chi connectivity index (χ3v) is 11.2. The number of hydrogen-bond acceptors (Lipinski definition) is 6. The molecule has 0 fully saturated rings. The van der Waals surface area contributed by atoms with Crippen LogP contribution in [0.4, 0.5) is 0 Å². The third-order valence-electron chi connectivity index (χ3n) is 11.2. The Labute approximate surface area is 447 Å². The summed E-state index contributed by atoms with van der Waals surface area (Å²) in [5, 5.41) is 0. The molecule has 0 heterocycles. The number of allylic oxidation sites excluding steroid dienone is 28. The molecule has 0 aliphatic carbocycles. The van der Waals surface area contributed by atoms with Crippen LogP contribution in [0.2, 0.25) is 0 Å². The highest BCUT2D eigenvalue weighted by Gasteiger charge is 2.19. The molecule has 6 nitrogen and oxygen atoms in total. The molecule has 0 aromatic carbocycles. The van der Waals surface area contributed by atoms with Crippen molar-refractivity contribution < 1.29 is 28.6 Å². The summed E-state index contributed by atoms with van der Waals surface area (Å²) in [6.45, 7) is 6.30. The molecule has 0 aromatic heterocycles. The molecule has 0 rings (SSSR count). The van der Waals surface area contributed by atoms with Gasteiger partial charge in [-0.3, -0.25) is 14.4 Å². The molecule has 0 amide bonds. The number of esters is 3. The van der Waals surface area contributed by atoms with Crippen molar-refractivity contribution in [1.29, 1.82) is 0 Å². The first-order valence-corrected chi connectivity index (χ1v) is 28.6. The van der Waals surface area contributed by atoms with Crippen LogP contribution in [0.5, 0.6) is 0 Å². The Bertz CT molecular complexity index is 1720. The summed E-state index contributed by atoms with van der Waals surface area (Å²) in [5.41, 5.74) is 0. The molecular formula is C67H102O6. The van der Waals surface area contributed by atoms with Crippen molar-refractivity contribution in [3.8, 4) is 0 Å². The fourth-order valence-corrected chi connectivity index (χ4v) is 6.94. The smallest absolute Gasteiger partial charge is 0.306 e. The lowest BCUT2D eigenvalue weighted by atomic mass is 10.1. The minimum absolute atomic E-state index is 0.169. The van der Waals surface area contributed by atoms with Crippen LogP contribution in [-0.4, -0.2) is 37.2 Å². The van der Waals surface area contributed by atoms with E-state index in [1.807, 2.05) is 24.3 Å². The molecule has 0 saturated heterocycles. The van der Waals surface area contributed by atoms with E-state index in [0.717, 1.165) is 89.9 Å². The number of carbonyl (C=O) groups excluding carboxylic acids is 3. The standard InChI is InChI=1S/C67H102O6/c1-4-7-10-13-16-19-22-25-28-31-33-36-38-41-44-47-50-53-56-59-65(68)71-62-64(73-67(70)61-58-55-52-49-46-43-40-35-30-27-24-21-18-15-12-9-6-3)63-72-66(69)60-57-54-51-48-45-42-39-37-34-32-29-26-23-20-17-14-11-8-5-2/h7,10,16-17,19-20,25-30,33-34,36-37,40-45,49-54,64H,4-6,8-9,11-15,18,21-24,31-32,35,38-39,46-48,55-63H2,1-3H3/b10-7-,19-16-,20-17-,28-25-,29-26-,30-27-,36-33-,37-34-,43-40-,44-41-,45-42-,52-49-,53-50-,54-51-/t64-/m1/s1. The fraction of sp³-hybridized carbons (Fsp3) is 0.537. The molecule has 0 aliphatic heterocycles. The normalized spacial score (nSPS) is 13.4. The quantitative estimate of drug-likeness (QED) is 0.0261. The zero-order chi connectivity index (χ0) is 52.9. The van der Waals surface area contributed by atoms with E-state index in [1.165, 1.54) is 64.2 Å². The number of hydrogen-bond donors (Lipinski definition) is 0. The summed E-state index contributed by atoms with van der Waals surface area (Å²) in [6, 6.07) is 0. The van der Waals surface area contributed by atoms with E-state index in [0.29, 0.717) is 19.3 Å². The largest absolute Gasteiger partial charge is 0.462 e. The first-order chi connectivity index (χ1) is 36.0. The van der Waals surface area contributed by atoms with E-state index in [1.54, 1.807) is 0 Å². The molecule has 0 saturated carbocycles. The van der Waals surface area contributed by atoms with Gasteiger partial charge in [0.1, 0.15) is 13.2 Å². The summed E-state index contributed by atoms with van der Waals surface area (Å²) in [7, 11) is 0. The van der Waals surface area contributed by atoms with Gasteiger partial charge in [-0.2, -0.15) is 0 Å². The van der Waals surface area contributed by atoms with E-state index in [-0.39, 0.29) is 32.5 Å². The second kappa shape index (κ2) is 59.3. The van der Waals surface area contributed by atoms with Crippen molar-refractivity contribution in [1.82, 2.24) is 0 Å². The van der Waals surface area contributed by atoms with Gasteiger partial charge >= 0.3 is 17.9 Å². The first-order valence-electron chi connectivity index (χ1n) is 28.6. The van der Waals surface area contributed by atoms with Crippen molar-refractivity contribution in [2.24, 2.45) is 0 Å². The summed E-state index contributed by atoms with van der Waals surface area (Å²) in [5.74, 6) is -1.19. The lowest BCUT2D eigenvalue weighted by Gasteiger charge is -2.18. The maximum Gasteiger partial charge on any atom is 0.306 e. The minimum Gasteiger partial charge on any atom is -0.462 e. The van der Waals surface area contributed by atoms with Crippen LogP contribution in [0, 0.1) is 0 Å². The average molecular weight is 1000 g/mol. The van der Waals surface area contributed by atoms with Crippen LogP contribution in [0.15, 0.2) is 170 Å². The van der Waals surface area contributed by atoms with Gasteiger partial charge in [-0.1, -0.05) is 236 Å². The van der Waals surface area contributed by atoms with Gasteiger partial charge < -0.3 is 14.2 Å². The molecule has 0 spiro atoms. The fourth-order valence-electron chi connectivity index (χ4n) is 6.94. The van der Waals surface area contributed by atoms with Gasteiger partial charge in [0.2, 0.25) is 0 Å². The van der Waals surface area contributed by atoms with E-state index in [4.69, 9.17) is 14.2 Å². The molecule has 0 unspecified atom stereocenters. The Kier molecular flexibility index (Phi) is 55.1. The number of carbonyl (C=O) groups is 3. The van der Waals surface area contributed by atoms with Crippen LogP contribution in [0.1, 0.15) is 213 Å². The van der Waals surface area contributed by atoms with Crippen molar-refractivity contribution in [2.45, 2.75) is 219 Å². The van der Waals surface area contributed by atoms with Crippen molar-refractivity contribution in [2.75, 3.05) is 13.2 Å². The van der Waals surface area contributed by atoms with Crippen LogP contribution in [0.3, 0.4) is 0 Å². The first kappa shape index (κ1) is 67.8. The number of rotatable bonds is 49. The van der Waals surface area contributed by atoms with Gasteiger partial charge in [0.25, 0.3) is 0 Å². The Morgan fingerprint density at radius 1 is 0.288 bits per heavy atom. The monoisotopic (exact) mass is 1000 g/mol. The Morgan fingerprint density at radius 2 is 0.562 bits per heavy atom. The zero-order valence-corrected chi connectivity index (χ0v) is 46.3. The van der Waals surface area contributed by atoms with Crippen LogP contribution >= 0.6 is 0 Å². The van der Waals surface area contributed by atoms with Gasteiger partial charge in [0, 0.05) is 19.3 Å². The van der Waals surface area contributed by atoms with Gasteiger partial charge in [-0.15, -0.1) is 0 Å². The lowest BCUT2D eigenvalue weighted by molar-refractivity contribution is -0.166. The molecule has 73 heavy (non-hydrogen) atoms. The Balaban J connectivity index is 4.72. The molecule has 406 valence electrons. The highest BCUT2D eigenvalue weighted by Crippen LogP contribution is 2.10. The summed E-state index contributed by atoms with van der Waals surface area (Å²) in [6.07, 6.45) is 88.0. The van der Waals surface area contributed by atoms with Gasteiger partial charge in [0.05, 0.1) is 0 Å². The van der Waals surface area contributed by atoms with E-state index in [9.17, 15) is 14.4 Å². The highest BCUT2D eigenvalue weighted by molar-refractivity contribution is 5.71. The molecule has 0 bridgehead atoms. The predicted molar refractivity (Wildman–Crippen MR) is 315 cm³/mol. The Morgan fingerprint density at radius 3 is 0.918 bits per heavy atom.